The predicted molar refractivity (Wildman–Crippen MR) is 114 cm³/mol. The van der Waals surface area contributed by atoms with Crippen molar-refractivity contribution in [2.75, 3.05) is 23.7 Å². The minimum Gasteiger partial charge on any atom is -0.495 e. The molecule has 0 aromatic heterocycles. The summed E-state index contributed by atoms with van der Waals surface area (Å²) in [5.74, 6) is 0.519. The molecule has 0 heterocycles. The van der Waals surface area contributed by atoms with Crippen LogP contribution in [0.4, 0.5) is 11.4 Å². The average Bonchev–Trinajstić information content (AvgIpc) is 2.74. The number of hydrogen-bond acceptors (Lipinski definition) is 6. The number of rotatable bonds is 8. The first-order chi connectivity index (χ1) is 14.3. The largest absolute Gasteiger partial charge is 0.495 e. The summed E-state index contributed by atoms with van der Waals surface area (Å²) in [5, 5.41) is 0. The summed E-state index contributed by atoms with van der Waals surface area (Å²) in [7, 11) is -5.19. The van der Waals surface area contributed by atoms with Gasteiger partial charge in [-0.1, -0.05) is 30.3 Å². The second-order valence-electron chi connectivity index (χ2n) is 6.09. The summed E-state index contributed by atoms with van der Waals surface area (Å²) < 4.78 is 66.2. The van der Waals surface area contributed by atoms with Gasteiger partial charge < -0.3 is 9.47 Å². The Balaban J connectivity index is 1.98. The summed E-state index contributed by atoms with van der Waals surface area (Å²) in [4.78, 5) is -0.118. The molecule has 3 rings (SSSR count). The van der Waals surface area contributed by atoms with E-state index in [9.17, 15) is 16.8 Å². The van der Waals surface area contributed by atoms with Crippen molar-refractivity contribution in [3.05, 3.63) is 72.8 Å². The number of hydrogen-bond donors (Lipinski definition) is 2. The maximum Gasteiger partial charge on any atom is 0.262 e. The Labute approximate surface area is 175 Å². The highest BCUT2D eigenvalue weighted by Gasteiger charge is 2.21. The highest BCUT2D eigenvalue weighted by molar-refractivity contribution is 7.93. The highest BCUT2D eigenvalue weighted by atomic mass is 32.2. The molecule has 10 heteroatoms. The van der Waals surface area contributed by atoms with Crippen LogP contribution in [-0.2, 0) is 20.0 Å². The van der Waals surface area contributed by atoms with Gasteiger partial charge in [0.2, 0.25) is 0 Å². The second kappa shape index (κ2) is 8.64. The molecule has 3 aromatic carbocycles. The maximum absolute atomic E-state index is 12.9. The molecule has 0 spiro atoms. The number of anilines is 2. The van der Waals surface area contributed by atoms with E-state index in [0.29, 0.717) is 5.75 Å². The topological polar surface area (TPSA) is 111 Å². The summed E-state index contributed by atoms with van der Waals surface area (Å²) in [5.41, 5.74) is 0.242. The molecule has 0 unspecified atom stereocenters. The van der Waals surface area contributed by atoms with Crippen molar-refractivity contribution in [2.24, 2.45) is 0 Å². The lowest BCUT2D eigenvalue weighted by Crippen LogP contribution is -2.16. The van der Waals surface area contributed by atoms with E-state index < -0.39 is 20.0 Å². The molecule has 158 valence electrons. The van der Waals surface area contributed by atoms with Gasteiger partial charge in [0.1, 0.15) is 11.5 Å². The SMILES string of the molecule is COc1ccccc1NS(=O)(=O)c1ccc(OC)c(NS(=O)(=O)c2ccccc2)c1. The van der Waals surface area contributed by atoms with Crippen LogP contribution in [0.15, 0.2) is 82.6 Å². The van der Waals surface area contributed by atoms with Crippen molar-refractivity contribution < 1.29 is 26.3 Å². The van der Waals surface area contributed by atoms with Crippen LogP contribution >= 0.6 is 0 Å². The molecule has 30 heavy (non-hydrogen) atoms. The number of ether oxygens (including phenoxy) is 2. The van der Waals surface area contributed by atoms with Gasteiger partial charge in [-0.2, -0.15) is 0 Å². The molecule has 0 aliphatic carbocycles. The van der Waals surface area contributed by atoms with Crippen LogP contribution in [0, 0.1) is 0 Å². The van der Waals surface area contributed by atoms with E-state index in [1.807, 2.05) is 0 Å². The minimum atomic E-state index is -4.03. The molecule has 0 saturated carbocycles. The Morgan fingerprint density at radius 2 is 1.13 bits per heavy atom. The van der Waals surface area contributed by atoms with Crippen molar-refractivity contribution in [1.29, 1.82) is 0 Å². The van der Waals surface area contributed by atoms with Crippen LogP contribution in [0.5, 0.6) is 11.5 Å². The Morgan fingerprint density at radius 1 is 0.600 bits per heavy atom. The number of para-hydroxylation sites is 2. The van der Waals surface area contributed by atoms with Gasteiger partial charge in [-0.05, 0) is 42.5 Å². The van der Waals surface area contributed by atoms with E-state index in [1.54, 1.807) is 42.5 Å². The quantitative estimate of drug-likeness (QED) is 0.547. The van der Waals surface area contributed by atoms with Gasteiger partial charge in [0.15, 0.2) is 0 Å². The molecule has 0 aliphatic heterocycles. The van der Waals surface area contributed by atoms with Crippen molar-refractivity contribution in [1.82, 2.24) is 0 Å². The van der Waals surface area contributed by atoms with Gasteiger partial charge in [-0.15, -0.1) is 0 Å². The lowest BCUT2D eigenvalue weighted by molar-refractivity contribution is 0.416. The maximum atomic E-state index is 12.9. The third kappa shape index (κ3) is 4.66. The van der Waals surface area contributed by atoms with Crippen LogP contribution in [0.1, 0.15) is 0 Å². The minimum absolute atomic E-state index is 0.00995. The predicted octanol–water partition coefficient (Wildman–Crippen LogP) is 3.31. The monoisotopic (exact) mass is 448 g/mol. The van der Waals surface area contributed by atoms with Crippen molar-refractivity contribution in [3.8, 4) is 11.5 Å². The Kier molecular flexibility index (Phi) is 6.18. The van der Waals surface area contributed by atoms with E-state index >= 15 is 0 Å². The molecule has 0 radical (unpaired) electrons. The van der Waals surface area contributed by atoms with Gasteiger partial charge in [0.05, 0.1) is 35.4 Å². The van der Waals surface area contributed by atoms with Gasteiger partial charge in [-0.25, -0.2) is 16.8 Å². The fourth-order valence-corrected chi connectivity index (χ4v) is 4.85. The zero-order valence-electron chi connectivity index (χ0n) is 16.2. The number of benzene rings is 3. The molecule has 8 nitrogen and oxygen atoms in total. The van der Waals surface area contributed by atoms with Crippen LogP contribution in [0.3, 0.4) is 0 Å². The van der Waals surface area contributed by atoms with Crippen LogP contribution < -0.4 is 18.9 Å². The average molecular weight is 449 g/mol. The summed E-state index contributed by atoms with van der Waals surface area (Å²) in [6.45, 7) is 0. The van der Waals surface area contributed by atoms with Crippen molar-refractivity contribution in [2.45, 2.75) is 9.79 Å². The summed E-state index contributed by atoms with van der Waals surface area (Å²) >= 11 is 0. The van der Waals surface area contributed by atoms with Crippen LogP contribution in [0.2, 0.25) is 0 Å². The smallest absolute Gasteiger partial charge is 0.262 e. The third-order valence-corrected chi connectivity index (χ3v) is 6.87. The van der Waals surface area contributed by atoms with E-state index in [2.05, 4.69) is 9.44 Å². The Hall–Kier alpha value is -3.24. The molecular formula is C20H20N2O6S2. The standard InChI is InChI=1S/C20H20N2O6S2/c1-27-19-11-7-6-10-17(19)21-30(25,26)16-12-13-20(28-2)18(14-16)22-29(23,24)15-8-4-3-5-9-15/h3-14,21-22H,1-2H3. The highest BCUT2D eigenvalue weighted by Crippen LogP contribution is 2.32. The van der Waals surface area contributed by atoms with Crippen molar-refractivity contribution >= 4 is 31.4 Å². The van der Waals surface area contributed by atoms with Gasteiger partial charge in [0, 0.05) is 0 Å². The van der Waals surface area contributed by atoms with Crippen LogP contribution in [-0.4, -0.2) is 31.1 Å². The number of nitrogens with one attached hydrogen (secondary N) is 2. The lowest BCUT2D eigenvalue weighted by Gasteiger charge is -2.15. The van der Waals surface area contributed by atoms with Gasteiger partial charge in [0.25, 0.3) is 20.0 Å². The number of sulfonamides is 2. The van der Waals surface area contributed by atoms with E-state index in [1.165, 1.54) is 44.6 Å². The first-order valence-corrected chi connectivity index (χ1v) is 11.7. The number of methoxy groups -OCH3 is 2. The Bertz CT molecular complexity index is 1240. The molecule has 0 amide bonds. The first-order valence-electron chi connectivity index (χ1n) is 8.68. The van der Waals surface area contributed by atoms with Crippen LogP contribution in [0.25, 0.3) is 0 Å². The molecule has 3 aromatic rings. The molecule has 0 aliphatic rings. The second-order valence-corrected chi connectivity index (χ2v) is 9.45. The van der Waals surface area contributed by atoms with E-state index in [0.717, 1.165) is 0 Å². The molecule has 0 atom stereocenters. The molecule has 2 N–H and O–H groups in total. The van der Waals surface area contributed by atoms with E-state index in [4.69, 9.17) is 9.47 Å². The molecule has 0 bridgehead atoms. The zero-order chi connectivity index (χ0) is 21.8. The lowest BCUT2D eigenvalue weighted by atomic mass is 10.3. The fraction of sp³-hybridized carbons (Fsp3) is 0.100. The molecule has 0 saturated heterocycles. The molecular weight excluding hydrogens is 428 g/mol. The van der Waals surface area contributed by atoms with Gasteiger partial charge >= 0.3 is 0 Å². The summed E-state index contributed by atoms with van der Waals surface area (Å²) in [6, 6.07) is 18.1. The van der Waals surface area contributed by atoms with Crippen molar-refractivity contribution in [3.63, 3.8) is 0 Å². The Morgan fingerprint density at radius 3 is 1.80 bits per heavy atom. The normalized spacial score (nSPS) is 11.5. The fourth-order valence-electron chi connectivity index (χ4n) is 2.67. The zero-order valence-corrected chi connectivity index (χ0v) is 17.8. The third-order valence-electron chi connectivity index (χ3n) is 4.13. The first kappa shape index (κ1) is 21.5. The molecule has 0 fully saturated rings. The van der Waals surface area contributed by atoms with Gasteiger partial charge in [-0.3, -0.25) is 9.44 Å². The van der Waals surface area contributed by atoms with E-state index in [-0.39, 0.29) is 26.9 Å². The summed E-state index contributed by atoms with van der Waals surface area (Å²) in [6.07, 6.45) is 0.